The molecule has 0 bridgehead atoms. The second-order valence-electron chi connectivity index (χ2n) is 5.82. The Morgan fingerprint density at radius 1 is 0.593 bits per heavy atom. The van der Waals surface area contributed by atoms with E-state index in [0.717, 1.165) is 16.2 Å². The molecule has 4 rings (SSSR count). The molecule has 4 aromatic rings. The van der Waals surface area contributed by atoms with E-state index in [1.165, 1.54) is 6.07 Å². The molecule has 0 spiro atoms. The SMILES string of the molecule is O=C(O)c1c(O)ccc2ccccc12.O=C(O)c1cccc2ccccc12. The Morgan fingerprint density at radius 3 is 1.78 bits per heavy atom. The van der Waals surface area contributed by atoms with Crippen molar-refractivity contribution in [3.05, 3.63) is 90.0 Å². The van der Waals surface area contributed by atoms with Gasteiger partial charge in [-0.25, -0.2) is 9.59 Å². The first kappa shape index (κ1) is 17.9. The number of rotatable bonds is 2. The Balaban J connectivity index is 0.000000156. The fourth-order valence-electron chi connectivity index (χ4n) is 2.90. The minimum atomic E-state index is -1.11. The van der Waals surface area contributed by atoms with E-state index in [1.807, 2.05) is 36.4 Å². The van der Waals surface area contributed by atoms with Gasteiger partial charge in [0.25, 0.3) is 0 Å². The van der Waals surface area contributed by atoms with Gasteiger partial charge >= 0.3 is 11.9 Å². The van der Waals surface area contributed by atoms with Crippen LogP contribution in [0.2, 0.25) is 0 Å². The summed E-state index contributed by atoms with van der Waals surface area (Å²) < 4.78 is 0. The van der Waals surface area contributed by atoms with Crippen LogP contribution in [0, 0.1) is 0 Å². The van der Waals surface area contributed by atoms with Crippen LogP contribution in [0.1, 0.15) is 20.7 Å². The molecule has 0 heterocycles. The minimum absolute atomic E-state index is 0.0388. The Kier molecular flexibility index (Phi) is 5.04. The van der Waals surface area contributed by atoms with Crippen LogP contribution in [0.5, 0.6) is 5.75 Å². The Morgan fingerprint density at radius 2 is 1.15 bits per heavy atom. The average Bonchev–Trinajstić information content (AvgIpc) is 2.67. The van der Waals surface area contributed by atoms with Gasteiger partial charge in [0.15, 0.2) is 0 Å². The topological polar surface area (TPSA) is 94.8 Å². The Hall–Kier alpha value is -3.86. The third kappa shape index (κ3) is 3.72. The van der Waals surface area contributed by atoms with Gasteiger partial charge in [0, 0.05) is 0 Å². The van der Waals surface area contributed by atoms with Gasteiger partial charge in [0.2, 0.25) is 0 Å². The molecule has 0 amide bonds. The third-order valence-electron chi connectivity index (χ3n) is 4.14. The van der Waals surface area contributed by atoms with Crippen molar-refractivity contribution in [1.29, 1.82) is 0 Å². The number of hydrogen-bond acceptors (Lipinski definition) is 3. The number of hydrogen-bond donors (Lipinski definition) is 3. The predicted molar refractivity (Wildman–Crippen MR) is 103 cm³/mol. The molecular weight excluding hydrogens is 344 g/mol. The van der Waals surface area contributed by atoms with Crippen molar-refractivity contribution in [2.24, 2.45) is 0 Å². The van der Waals surface area contributed by atoms with Crippen LogP contribution in [0.15, 0.2) is 78.9 Å². The summed E-state index contributed by atoms with van der Waals surface area (Å²) in [6.45, 7) is 0. The smallest absolute Gasteiger partial charge is 0.340 e. The summed E-state index contributed by atoms with van der Waals surface area (Å²) in [6, 6.07) is 22.9. The number of carboxylic acids is 2. The summed E-state index contributed by atoms with van der Waals surface area (Å²) in [5.41, 5.74) is 0.321. The first-order valence-corrected chi connectivity index (χ1v) is 8.14. The summed E-state index contributed by atoms with van der Waals surface area (Å²) in [4.78, 5) is 21.7. The number of benzene rings is 4. The molecule has 0 radical (unpaired) electrons. The molecule has 0 unspecified atom stereocenters. The fraction of sp³-hybridized carbons (Fsp3) is 0. The first-order chi connectivity index (χ1) is 13.0. The molecule has 0 saturated carbocycles. The van der Waals surface area contributed by atoms with E-state index in [2.05, 4.69) is 0 Å². The van der Waals surface area contributed by atoms with Gasteiger partial charge in [-0.15, -0.1) is 0 Å². The molecule has 5 nitrogen and oxygen atoms in total. The number of aromatic hydroxyl groups is 1. The molecule has 0 saturated heterocycles. The van der Waals surface area contributed by atoms with E-state index in [9.17, 15) is 14.7 Å². The van der Waals surface area contributed by atoms with Crippen LogP contribution in [-0.4, -0.2) is 27.3 Å². The summed E-state index contributed by atoms with van der Waals surface area (Å²) in [5.74, 6) is -2.19. The van der Waals surface area contributed by atoms with Crippen molar-refractivity contribution in [3.63, 3.8) is 0 Å². The van der Waals surface area contributed by atoms with Crippen LogP contribution in [0.3, 0.4) is 0 Å². The van der Waals surface area contributed by atoms with Gasteiger partial charge in [-0.2, -0.15) is 0 Å². The number of carboxylic acid groups (broad SMARTS) is 2. The fourth-order valence-corrected chi connectivity index (χ4v) is 2.90. The van der Waals surface area contributed by atoms with E-state index < -0.39 is 11.9 Å². The lowest BCUT2D eigenvalue weighted by Crippen LogP contribution is -1.97. The van der Waals surface area contributed by atoms with Crippen molar-refractivity contribution < 1.29 is 24.9 Å². The van der Waals surface area contributed by atoms with Gasteiger partial charge in [-0.05, 0) is 33.7 Å². The van der Waals surface area contributed by atoms with E-state index >= 15 is 0 Å². The van der Waals surface area contributed by atoms with Crippen molar-refractivity contribution in [2.75, 3.05) is 0 Å². The number of aromatic carboxylic acids is 2. The molecule has 0 aliphatic rings. The summed E-state index contributed by atoms with van der Waals surface area (Å²) in [6.07, 6.45) is 0. The second kappa shape index (κ2) is 7.58. The number of fused-ring (bicyclic) bond motifs is 2. The lowest BCUT2D eigenvalue weighted by Gasteiger charge is -2.03. The predicted octanol–water partition coefficient (Wildman–Crippen LogP) is 4.78. The highest BCUT2D eigenvalue weighted by molar-refractivity contribution is 6.06. The van der Waals surface area contributed by atoms with E-state index in [-0.39, 0.29) is 11.3 Å². The van der Waals surface area contributed by atoms with Gasteiger partial charge < -0.3 is 15.3 Å². The average molecular weight is 360 g/mol. The minimum Gasteiger partial charge on any atom is -0.507 e. The molecule has 0 aromatic heterocycles. The van der Waals surface area contributed by atoms with Gasteiger partial charge in [-0.3, -0.25) is 0 Å². The maximum absolute atomic E-state index is 10.9. The Labute approximate surface area is 154 Å². The molecule has 3 N–H and O–H groups in total. The van der Waals surface area contributed by atoms with Gasteiger partial charge in [-0.1, -0.05) is 66.7 Å². The quantitative estimate of drug-likeness (QED) is 0.478. The molecule has 134 valence electrons. The molecule has 0 aliphatic carbocycles. The van der Waals surface area contributed by atoms with E-state index in [0.29, 0.717) is 10.9 Å². The number of phenols is 1. The highest BCUT2D eigenvalue weighted by Crippen LogP contribution is 2.26. The molecule has 4 aromatic carbocycles. The lowest BCUT2D eigenvalue weighted by molar-refractivity contribution is 0.0686. The zero-order valence-electron chi connectivity index (χ0n) is 14.2. The summed E-state index contributed by atoms with van der Waals surface area (Å²) in [7, 11) is 0. The summed E-state index contributed by atoms with van der Waals surface area (Å²) in [5, 5.41) is 30.3. The standard InChI is InChI=1S/C11H8O3.C11H8O2/c12-9-6-5-7-3-1-2-4-8(7)10(9)11(13)14;12-11(13)10-7-3-5-8-4-1-2-6-9(8)10/h1-6,12H,(H,13,14);1-7H,(H,12,13). The maximum Gasteiger partial charge on any atom is 0.340 e. The number of carbonyl (C=O) groups is 2. The molecular formula is C22H16O5. The third-order valence-corrected chi connectivity index (χ3v) is 4.14. The van der Waals surface area contributed by atoms with Crippen LogP contribution >= 0.6 is 0 Å². The summed E-state index contributed by atoms with van der Waals surface area (Å²) >= 11 is 0. The zero-order chi connectivity index (χ0) is 19.4. The van der Waals surface area contributed by atoms with Gasteiger partial charge in [0.05, 0.1) is 5.56 Å². The largest absolute Gasteiger partial charge is 0.507 e. The lowest BCUT2D eigenvalue weighted by atomic mass is 10.0. The molecule has 0 atom stereocenters. The van der Waals surface area contributed by atoms with Crippen LogP contribution < -0.4 is 0 Å². The van der Waals surface area contributed by atoms with E-state index in [1.54, 1.807) is 36.4 Å². The van der Waals surface area contributed by atoms with Crippen LogP contribution in [0.4, 0.5) is 0 Å². The molecule has 27 heavy (non-hydrogen) atoms. The van der Waals surface area contributed by atoms with Crippen molar-refractivity contribution in [3.8, 4) is 5.75 Å². The molecule has 0 fully saturated rings. The highest BCUT2D eigenvalue weighted by atomic mass is 16.4. The normalized spacial score (nSPS) is 10.2. The zero-order valence-corrected chi connectivity index (χ0v) is 14.2. The second-order valence-corrected chi connectivity index (χ2v) is 5.82. The first-order valence-electron chi connectivity index (χ1n) is 8.14. The van der Waals surface area contributed by atoms with E-state index in [4.69, 9.17) is 10.2 Å². The van der Waals surface area contributed by atoms with Crippen molar-refractivity contribution in [1.82, 2.24) is 0 Å². The maximum atomic E-state index is 10.9. The van der Waals surface area contributed by atoms with Crippen LogP contribution in [-0.2, 0) is 0 Å². The van der Waals surface area contributed by atoms with Crippen molar-refractivity contribution in [2.45, 2.75) is 0 Å². The molecule has 5 heteroatoms. The molecule has 0 aliphatic heterocycles. The monoisotopic (exact) mass is 360 g/mol. The van der Waals surface area contributed by atoms with Gasteiger partial charge in [0.1, 0.15) is 11.3 Å². The van der Waals surface area contributed by atoms with Crippen molar-refractivity contribution >= 4 is 33.5 Å². The van der Waals surface area contributed by atoms with Crippen LogP contribution in [0.25, 0.3) is 21.5 Å². The highest BCUT2D eigenvalue weighted by Gasteiger charge is 2.12. The Bertz CT molecular complexity index is 1140.